The monoisotopic (exact) mass is 345 g/mol. The number of benzene rings is 1. The highest BCUT2D eigenvalue weighted by Gasteiger charge is 2.34. The summed E-state index contributed by atoms with van der Waals surface area (Å²) < 4.78 is 43.2. The van der Waals surface area contributed by atoms with Crippen molar-refractivity contribution in [2.24, 2.45) is 5.92 Å². The van der Waals surface area contributed by atoms with Crippen LogP contribution < -0.4 is 0 Å². The van der Waals surface area contributed by atoms with E-state index in [1.54, 1.807) is 0 Å². The number of ether oxygens (including phenoxy) is 1. The molecule has 1 saturated heterocycles. The molecule has 0 amide bonds. The molecule has 1 atom stereocenters. The molecule has 1 unspecified atom stereocenters. The number of piperidine rings is 1. The van der Waals surface area contributed by atoms with Crippen LogP contribution in [0.25, 0.3) is 0 Å². The Hall–Kier alpha value is -1.60. The lowest BCUT2D eigenvalue weighted by molar-refractivity contribution is -0.147. The Morgan fingerprint density at radius 1 is 1.29 bits per heavy atom. The van der Waals surface area contributed by atoms with Gasteiger partial charge in [0.25, 0.3) is 0 Å². The number of hydrogen-bond donors (Lipinski definition) is 1. The van der Waals surface area contributed by atoms with Gasteiger partial charge in [0.2, 0.25) is 0 Å². The minimum absolute atomic E-state index is 0.148. The van der Waals surface area contributed by atoms with Crippen LogP contribution >= 0.6 is 0 Å². The van der Waals surface area contributed by atoms with Gasteiger partial charge in [0.1, 0.15) is 0 Å². The van der Waals surface area contributed by atoms with Crippen LogP contribution in [0, 0.1) is 5.92 Å². The molecular weight excluding hydrogens is 323 g/mol. The third-order valence-corrected chi connectivity index (χ3v) is 4.47. The number of aliphatic hydroxyl groups is 1. The zero-order chi connectivity index (χ0) is 18.0. The van der Waals surface area contributed by atoms with Crippen molar-refractivity contribution in [1.29, 1.82) is 0 Å². The molecule has 1 aliphatic heterocycles. The highest BCUT2D eigenvalue weighted by molar-refractivity contribution is 5.72. The maximum Gasteiger partial charge on any atom is 0.416 e. The van der Waals surface area contributed by atoms with Gasteiger partial charge in [-0.25, -0.2) is 0 Å². The van der Waals surface area contributed by atoms with Crippen LogP contribution in [-0.4, -0.2) is 42.7 Å². The van der Waals surface area contributed by atoms with Crippen molar-refractivity contribution in [3.05, 3.63) is 35.4 Å². The third kappa shape index (κ3) is 4.48. The topological polar surface area (TPSA) is 49.8 Å². The summed E-state index contributed by atoms with van der Waals surface area (Å²) in [5, 5.41) is 10.6. The molecule has 0 saturated carbocycles. The van der Waals surface area contributed by atoms with Crippen LogP contribution in [0.3, 0.4) is 0 Å². The minimum Gasteiger partial charge on any atom is -0.469 e. The largest absolute Gasteiger partial charge is 0.469 e. The Morgan fingerprint density at radius 2 is 1.88 bits per heavy atom. The normalized spacial score (nSPS) is 19.8. The predicted octanol–water partition coefficient (Wildman–Crippen LogP) is 2.80. The molecule has 134 valence electrons. The fourth-order valence-corrected chi connectivity index (χ4v) is 3.05. The quantitative estimate of drug-likeness (QED) is 0.853. The molecular formula is C17H22F3NO3. The first-order valence-electron chi connectivity index (χ1n) is 7.84. The Balaban J connectivity index is 2.03. The van der Waals surface area contributed by atoms with E-state index < -0.39 is 17.3 Å². The van der Waals surface area contributed by atoms with Gasteiger partial charge in [0.15, 0.2) is 0 Å². The second-order valence-electron chi connectivity index (χ2n) is 6.43. The van der Waals surface area contributed by atoms with Crippen LogP contribution in [0.1, 0.15) is 30.9 Å². The van der Waals surface area contributed by atoms with Crippen LogP contribution in [0.2, 0.25) is 0 Å². The average Bonchev–Trinajstić information content (AvgIpc) is 2.54. The SMILES string of the molecule is COC(=O)C1CCN(CC(C)(O)c2cccc(C(F)(F)F)c2)CC1. The number of alkyl halides is 3. The summed E-state index contributed by atoms with van der Waals surface area (Å²) in [6, 6.07) is 4.77. The number of carbonyl (C=O) groups excluding carboxylic acids is 1. The van der Waals surface area contributed by atoms with E-state index in [2.05, 4.69) is 0 Å². The van der Waals surface area contributed by atoms with Crippen molar-refractivity contribution < 1.29 is 27.8 Å². The van der Waals surface area contributed by atoms with Crippen molar-refractivity contribution in [3.8, 4) is 0 Å². The fourth-order valence-electron chi connectivity index (χ4n) is 3.05. The van der Waals surface area contributed by atoms with E-state index in [1.807, 2.05) is 4.90 Å². The number of rotatable bonds is 4. The Bertz CT molecular complexity index is 579. The van der Waals surface area contributed by atoms with E-state index in [1.165, 1.54) is 26.2 Å². The van der Waals surface area contributed by atoms with Crippen LogP contribution in [0.5, 0.6) is 0 Å². The molecule has 0 aliphatic carbocycles. The van der Waals surface area contributed by atoms with Gasteiger partial charge < -0.3 is 14.7 Å². The van der Waals surface area contributed by atoms with Gasteiger partial charge in [-0.15, -0.1) is 0 Å². The van der Waals surface area contributed by atoms with Gasteiger partial charge in [-0.2, -0.15) is 13.2 Å². The number of esters is 1. The zero-order valence-corrected chi connectivity index (χ0v) is 13.8. The minimum atomic E-state index is -4.44. The van der Waals surface area contributed by atoms with E-state index in [-0.39, 0.29) is 24.0 Å². The van der Waals surface area contributed by atoms with Gasteiger partial charge in [-0.05, 0) is 50.6 Å². The third-order valence-electron chi connectivity index (χ3n) is 4.47. The smallest absolute Gasteiger partial charge is 0.416 e. The first kappa shape index (κ1) is 18.7. The standard InChI is InChI=1S/C17H22F3NO3/c1-16(23,13-4-3-5-14(10-13)17(18,19)20)11-21-8-6-12(7-9-21)15(22)24-2/h3-5,10,12,23H,6-9,11H2,1-2H3. The lowest BCUT2D eigenvalue weighted by Crippen LogP contribution is -2.44. The maximum atomic E-state index is 12.8. The Kier molecular flexibility index (Phi) is 5.55. The van der Waals surface area contributed by atoms with Crippen molar-refractivity contribution in [2.75, 3.05) is 26.7 Å². The molecule has 1 heterocycles. The molecule has 1 fully saturated rings. The van der Waals surface area contributed by atoms with Crippen LogP contribution in [-0.2, 0) is 21.3 Å². The van der Waals surface area contributed by atoms with E-state index in [0.29, 0.717) is 25.9 Å². The second kappa shape index (κ2) is 7.11. The molecule has 0 radical (unpaired) electrons. The summed E-state index contributed by atoms with van der Waals surface area (Å²) in [5.41, 5.74) is -1.95. The maximum absolute atomic E-state index is 12.8. The number of β-amino-alcohol motifs (C(OH)–C–C–N with tert-alkyl or cyclic N) is 1. The predicted molar refractivity (Wildman–Crippen MR) is 82.2 cm³/mol. The fraction of sp³-hybridized carbons (Fsp3) is 0.588. The molecule has 0 aromatic heterocycles. The summed E-state index contributed by atoms with van der Waals surface area (Å²) >= 11 is 0. The summed E-state index contributed by atoms with van der Waals surface area (Å²) in [6.45, 7) is 2.90. The van der Waals surface area contributed by atoms with Gasteiger partial charge in [-0.3, -0.25) is 4.79 Å². The molecule has 7 heteroatoms. The van der Waals surface area contributed by atoms with Gasteiger partial charge in [0.05, 0.1) is 24.2 Å². The molecule has 1 aromatic rings. The lowest BCUT2D eigenvalue weighted by atomic mass is 9.91. The zero-order valence-electron chi connectivity index (χ0n) is 13.8. The first-order valence-corrected chi connectivity index (χ1v) is 7.84. The first-order chi connectivity index (χ1) is 11.1. The average molecular weight is 345 g/mol. The molecule has 1 aromatic carbocycles. The van der Waals surface area contributed by atoms with Crippen molar-refractivity contribution in [1.82, 2.24) is 4.90 Å². The molecule has 0 bridgehead atoms. The van der Waals surface area contributed by atoms with Crippen LogP contribution in [0.4, 0.5) is 13.2 Å². The molecule has 0 spiro atoms. The van der Waals surface area contributed by atoms with E-state index in [9.17, 15) is 23.1 Å². The highest BCUT2D eigenvalue weighted by atomic mass is 19.4. The lowest BCUT2D eigenvalue weighted by Gasteiger charge is -2.36. The molecule has 24 heavy (non-hydrogen) atoms. The summed E-state index contributed by atoms with van der Waals surface area (Å²) in [7, 11) is 1.35. The molecule has 1 N–H and O–H groups in total. The van der Waals surface area contributed by atoms with Gasteiger partial charge >= 0.3 is 12.1 Å². The second-order valence-corrected chi connectivity index (χ2v) is 6.43. The van der Waals surface area contributed by atoms with E-state index >= 15 is 0 Å². The summed E-state index contributed by atoms with van der Waals surface area (Å²) in [6.07, 6.45) is -3.21. The number of carbonyl (C=O) groups is 1. The number of nitrogens with zero attached hydrogens (tertiary/aromatic N) is 1. The number of halogens is 3. The number of methoxy groups -OCH3 is 1. The molecule has 1 aliphatic rings. The number of likely N-dealkylation sites (tertiary alicyclic amines) is 1. The summed E-state index contributed by atoms with van der Waals surface area (Å²) in [4.78, 5) is 13.5. The van der Waals surface area contributed by atoms with Crippen molar-refractivity contribution in [2.45, 2.75) is 31.5 Å². The van der Waals surface area contributed by atoms with Gasteiger partial charge in [-0.1, -0.05) is 12.1 Å². The Morgan fingerprint density at radius 3 is 2.42 bits per heavy atom. The highest BCUT2D eigenvalue weighted by Crippen LogP contribution is 2.33. The van der Waals surface area contributed by atoms with E-state index in [0.717, 1.165) is 12.1 Å². The molecule has 4 nitrogen and oxygen atoms in total. The molecule has 2 rings (SSSR count). The Labute approximate surface area is 139 Å². The van der Waals surface area contributed by atoms with E-state index in [4.69, 9.17) is 4.74 Å². The summed E-state index contributed by atoms with van der Waals surface area (Å²) in [5.74, 6) is -0.385. The van der Waals surface area contributed by atoms with Crippen LogP contribution in [0.15, 0.2) is 24.3 Å². The van der Waals surface area contributed by atoms with Gasteiger partial charge in [0, 0.05) is 6.54 Å². The van der Waals surface area contributed by atoms with Crippen molar-refractivity contribution >= 4 is 5.97 Å². The number of hydrogen-bond acceptors (Lipinski definition) is 4. The van der Waals surface area contributed by atoms with Crippen molar-refractivity contribution in [3.63, 3.8) is 0 Å².